The summed E-state index contributed by atoms with van der Waals surface area (Å²) in [5, 5.41) is 3.04. The Hall–Kier alpha value is -3.92. The van der Waals surface area contributed by atoms with E-state index in [9.17, 15) is 4.79 Å². The first-order valence-corrected chi connectivity index (χ1v) is 12.3. The molecule has 5 rings (SSSR count). The Kier molecular flexibility index (Phi) is 6.86. The smallest absolute Gasteiger partial charge is 0.255 e. The number of benzene rings is 2. The molecule has 6 nitrogen and oxygen atoms in total. The van der Waals surface area contributed by atoms with Crippen molar-refractivity contribution in [3.05, 3.63) is 101 Å². The maximum absolute atomic E-state index is 13.0. The zero-order valence-electron chi connectivity index (χ0n) is 21.1. The summed E-state index contributed by atoms with van der Waals surface area (Å²) >= 11 is 0. The number of aromatic nitrogens is 2. The summed E-state index contributed by atoms with van der Waals surface area (Å²) in [6, 6.07) is 17.7. The molecule has 182 valence electrons. The van der Waals surface area contributed by atoms with Crippen molar-refractivity contribution in [2.75, 3.05) is 38.5 Å². The summed E-state index contributed by atoms with van der Waals surface area (Å²) in [5.41, 5.74) is 7.43. The highest BCUT2D eigenvalue weighted by Crippen LogP contribution is 2.19. The molecule has 0 spiro atoms. The number of nitrogens with zero attached hydrogens (tertiary/aromatic N) is 4. The van der Waals surface area contributed by atoms with Gasteiger partial charge in [-0.2, -0.15) is 0 Å². The first kappa shape index (κ1) is 23.8. The second kappa shape index (κ2) is 10.4. The van der Waals surface area contributed by atoms with Crippen LogP contribution in [-0.2, 0) is 6.54 Å². The Morgan fingerprint density at radius 1 is 0.972 bits per heavy atom. The van der Waals surface area contributed by atoms with Gasteiger partial charge in [0.05, 0.1) is 6.20 Å². The SMILES string of the molecule is Cc1ccc(NC(=O)c2ccc(CN3CCN(C)CC3)c(C)c2)cc1C#Cc1cnc2ccccn12. The molecule has 0 saturated carbocycles. The quantitative estimate of drug-likeness (QED) is 0.444. The molecule has 0 bridgehead atoms. The number of carbonyl (C=O) groups is 1. The molecular weight excluding hydrogens is 446 g/mol. The first-order valence-electron chi connectivity index (χ1n) is 12.3. The average Bonchev–Trinajstić information content (AvgIpc) is 3.30. The van der Waals surface area contributed by atoms with E-state index in [0.717, 1.165) is 66.4 Å². The normalized spacial score (nSPS) is 14.4. The van der Waals surface area contributed by atoms with E-state index in [-0.39, 0.29) is 5.91 Å². The zero-order valence-corrected chi connectivity index (χ0v) is 21.1. The van der Waals surface area contributed by atoms with Gasteiger partial charge in [0.15, 0.2) is 0 Å². The summed E-state index contributed by atoms with van der Waals surface area (Å²) in [7, 11) is 2.17. The second-order valence-electron chi connectivity index (χ2n) is 9.53. The highest BCUT2D eigenvalue weighted by molar-refractivity contribution is 6.04. The molecule has 1 fully saturated rings. The molecule has 3 heterocycles. The molecule has 0 aliphatic carbocycles. The van der Waals surface area contributed by atoms with Crippen LogP contribution >= 0.6 is 0 Å². The number of hydrogen-bond donors (Lipinski definition) is 1. The fraction of sp³-hybridized carbons (Fsp3) is 0.267. The molecule has 6 heteroatoms. The fourth-order valence-electron chi connectivity index (χ4n) is 4.46. The number of rotatable bonds is 4. The van der Waals surface area contributed by atoms with Crippen LogP contribution in [0.2, 0.25) is 0 Å². The van der Waals surface area contributed by atoms with Gasteiger partial charge in [-0.1, -0.05) is 24.1 Å². The fourth-order valence-corrected chi connectivity index (χ4v) is 4.46. The maximum atomic E-state index is 13.0. The lowest BCUT2D eigenvalue weighted by Gasteiger charge is -2.32. The molecule has 1 N–H and O–H groups in total. The molecule has 36 heavy (non-hydrogen) atoms. The number of aryl methyl sites for hydroxylation is 2. The summed E-state index contributed by atoms with van der Waals surface area (Å²) < 4.78 is 1.96. The van der Waals surface area contributed by atoms with E-state index in [1.165, 1.54) is 5.56 Å². The van der Waals surface area contributed by atoms with Gasteiger partial charge >= 0.3 is 0 Å². The molecule has 0 atom stereocenters. The zero-order chi connectivity index (χ0) is 25.1. The van der Waals surface area contributed by atoms with Crippen molar-refractivity contribution >= 4 is 17.2 Å². The number of anilines is 1. The summed E-state index contributed by atoms with van der Waals surface area (Å²) in [6.07, 6.45) is 3.73. The largest absolute Gasteiger partial charge is 0.322 e. The van der Waals surface area contributed by atoms with Crippen LogP contribution in [0.25, 0.3) is 5.65 Å². The van der Waals surface area contributed by atoms with Crippen molar-refractivity contribution in [1.82, 2.24) is 19.2 Å². The van der Waals surface area contributed by atoms with Gasteiger partial charge in [0.2, 0.25) is 0 Å². The molecule has 1 aliphatic heterocycles. The topological polar surface area (TPSA) is 52.9 Å². The van der Waals surface area contributed by atoms with Gasteiger partial charge in [-0.3, -0.25) is 14.1 Å². The van der Waals surface area contributed by atoms with Crippen molar-refractivity contribution < 1.29 is 4.79 Å². The highest BCUT2D eigenvalue weighted by atomic mass is 16.1. The third kappa shape index (κ3) is 5.33. The molecule has 2 aromatic carbocycles. The van der Waals surface area contributed by atoms with E-state index in [1.54, 1.807) is 6.20 Å². The monoisotopic (exact) mass is 477 g/mol. The van der Waals surface area contributed by atoms with Crippen LogP contribution in [0, 0.1) is 25.7 Å². The number of pyridine rings is 1. The van der Waals surface area contributed by atoms with Gasteiger partial charge in [0.25, 0.3) is 5.91 Å². The molecule has 1 amide bonds. The lowest BCUT2D eigenvalue weighted by atomic mass is 10.0. The van der Waals surface area contributed by atoms with Crippen LogP contribution in [0.3, 0.4) is 0 Å². The molecule has 1 aliphatic rings. The Balaban J connectivity index is 1.29. The van der Waals surface area contributed by atoms with Gasteiger partial charge in [-0.25, -0.2) is 4.98 Å². The van der Waals surface area contributed by atoms with Crippen LogP contribution in [0.4, 0.5) is 5.69 Å². The van der Waals surface area contributed by atoms with Crippen LogP contribution in [0.1, 0.15) is 38.3 Å². The average molecular weight is 478 g/mol. The minimum Gasteiger partial charge on any atom is -0.322 e. The highest BCUT2D eigenvalue weighted by Gasteiger charge is 2.16. The summed E-state index contributed by atoms with van der Waals surface area (Å²) in [4.78, 5) is 22.2. The maximum Gasteiger partial charge on any atom is 0.255 e. The molecule has 4 aromatic rings. The predicted molar refractivity (Wildman–Crippen MR) is 144 cm³/mol. The van der Waals surface area contributed by atoms with E-state index in [4.69, 9.17) is 0 Å². The Morgan fingerprint density at radius 3 is 2.61 bits per heavy atom. The second-order valence-corrected chi connectivity index (χ2v) is 9.53. The Labute approximate surface area is 212 Å². The molecular formula is C30H31N5O. The van der Waals surface area contributed by atoms with Crippen molar-refractivity contribution in [2.24, 2.45) is 0 Å². The Morgan fingerprint density at radius 2 is 1.81 bits per heavy atom. The number of carbonyl (C=O) groups excluding carboxylic acids is 1. The summed E-state index contributed by atoms with van der Waals surface area (Å²) in [5.74, 6) is 6.35. The van der Waals surface area contributed by atoms with E-state index >= 15 is 0 Å². The Bertz CT molecular complexity index is 1470. The van der Waals surface area contributed by atoms with Gasteiger partial charge in [0, 0.05) is 55.7 Å². The third-order valence-electron chi connectivity index (χ3n) is 6.83. The van der Waals surface area contributed by atoms with Crippen molar-refractivity contribution in [1.29, 1.82) is 0 Å². The van der Waals surface area contributed by atoms with E-state index < -0.39 is 0 Å². The number of imidazole rings is 1. The van der Waals surface area contributed by atoms with Crippen LogP contribution in [-0.4, -0.2) is 58.3 Å². The number of nitrogens with one attached hydrogen (secondary N) is 1. The van der Waals surface area contributed by atoms with Gasteiger partial charge in [-0.05, 0) is 79.9 Å². The number of fused-ring (bicyclic) bond motifs is 1. The molecule has 2 aromatic heterocycles. The number of hydrogen-bond acceptors (Lipinski definition) is 4. The molecule has 0 unspecified atom stereocenters. The van der Waals surface area contributed by atoms with Gasteiger partial charge in [-0.15, -0.1) is 0 Å². The van der Waals surface area contributed by atoms with E-state index in [2.05, 4.69) is 52.0 Å². The summed E-state index contributed by atoms with van der Waals surface area (Å²) in [6.45, 7) is 9.38. The number of piperazine rings is 1. The van der Waals surface area contributed by atoms with Crippen LogP contribution in [0.5, 0.6) is 0 Å². The van der Waals surface area contributed by atoms with Gasteiger partial charge in [0.1, 0.15) is 11.3 Å². The van der Waals surface area contributed by atoms with Gasteiger partial charge < -0.3 is 10.2 Å². The third-order valence-corrected chi connectivity index (χ3v) is 6.83. The minimum atomic E-state index is -0.117. The number of amides is 1. The lowest BCUT2D eigenvalue weighted by Crippen LogP contribution is -2.43. The molecule has 0 radical (unpaired) electrons. The van der Waals surface area contributed by atoms with Crippen molar-refractivity contribution in [3.8, 4) is 11.8 Å². The standard InChI is InChI=1S/C30H31N5O/c1-22-7-11-27(19-24(22)10-12-28-20-31-29-6-4-5-13-35(28)29)32-30(36)25-8-9-26(23(2)18-25)21-34-16-14-33(3)15-17-34/h4-9,11,13,18-20H,14-17,21H2,1-3H3,(H,32,36). The predicted octanol–water partition coefficient (Wildman–Crippen LogP) is 4.35. The molecule has 1 saturated heterocycles. The van der Waals surface area contributed by atoms with E-state index in [0.29, 0.717) is 5.56 Å². The first-order chi connectivity index (χ1) is 17.5. The lowest BCUT2D eigenvalue weighted by molar-refractivity contribution is 0.102. The van der Waals surface area contributed by atoms with Crippen molar-refractivity contribution in [3.63, 3.8) is 0 Å². The van der Waals surface area contributed by atoms with Crippen molar-refractivity contribution in [2.45, 2.75) is 20.4 Å². The van der Waals surface area contributed by atoms with Crippen LogP contribution < -0.4 is 5.32 Å². The van der Waals surface area contributed by atoms with E-state index in [1.807, 2.05) is 66.1 Å². The number of likely N-dealkylation sites (N-methyl/N-ethyl adjacent to an activating group) is 1. The van der Waals surface area contributed by atoms with Crippen LogP contribution in [0.15, 0.2) is 67.0 Å². The minimum absolute atomic E-state index is 0.117.